The molecule has 1 aromatic carbocycles. The number of rotatable bonds is 4. The highest BCUT2D eigenvalue weighted by atomic mass is 16.5. The van der Waals surface area contributed by atoms with Gasteiger partial charge >= 0.3 is 0 Å². The van der Waals surface area contributed by atoms with Gasteiger partial charge in [0.15, 0.2) is 0 Å². The maximum absolute atomic E-state index is 13.2. The molecular formula is C23H30N4O3. The second-order valence-electron chi connectivity index (χ2n) is 8.82. The summed E-state index contributed by atoms with van der Waals surface area (Å²) in [5.74, 6) is 0.593. The lowest BCUT2D eigenvalue weighted by molar-refractivity contribution is -0.0451. The Balaban J connectivity index is 1.22. The third kappa shape index (κ3) is 4.15. The number of aromatic nitrogens is 2. The first-order valence-electron chi connectivity index (χ1n) is 11.0. The molecule has 4 heterocycles. The predicted octanol–water partition coefficient (Wildman–Crippen LogP) is 2.22. The SMILES string of the molecule is O=C(c1cnn(-c2ccccc2)c1)N1CCCC2(CC(CN3CCOCC3)CO2)C1. The number of carbonyl (C=O) groups excluding carboxylic acids is 1. The van der Waals surface area contributed by atoms with Gasteiger partial charge in [0.25, 0.3) is 5.91 Å². The Bertz CT molecular complexity index is 864. The van der Waals surface area contributed by atoms with Crippen molar-refractivity contribution in [2.45, 2.75) is 24.9 Å². The molecule has 3 aliphatic rings. The molecule has 2 aromatic rings. The van der Waals surface area contributed by atoms with E-state index in [1.165, 1.54) is 0 Å². The Kier molecular flexibility index (Phi) is 5.58. The molecule has 7 heteroatoms. The number of hydrogen-bond acceptors (Lipinski definition) is 5. The van der Waals surface area contributed by atoms with Crippen molar-refractivity contribution in [3.63, 3.8) is 0 Å². The fourth-order valence-electron chi connectivity index (χ4n) is 5.10. The van der Waals surface area contributed by atoms with Gasteiger partial charge in [-0.1, -0.05) is 18.2 Å². The smallest absolute Gasteiger partial charge is 0.257 e. The van der Waals surface area contributed by atoms with Gasteiger partial charge in [-0.3, -0.25) is 9.69 Å². The van der Waals surface area contributed by atoms with Crippen molar-refractivity contribution in [3.8, 4) is 5.69 Å². The van der Waals surface area contributed by atoms with Crippen molar-refractivity contribution in [3.05, 3.63) is 48.3 Å². The number of likely N-dealkylation sites (tertiary alicyclic amines) is 1. The maximum Gasteiger partial charge on any atom is 0.257 e. The first-order valence-corrected chi connectivity index (χ1v) is 11.0. The van der Waals surface area contributed by atoms with Crippen LogP contribution in [0.1, 0.15) is 29.6 Å². The van der Waals surface area contributed by atoms with Gasteiger partial charge in [-0.2, -0.15) is 5.10 Å². The summed E-state index contributed by atoms with van der Waals surface area (Å²) in [7, 11) is 0. The molecule has 2 atom stereocenters. The van der Waals surface area contributed by atoms with Crippen LogP contribution >= 0.6 is 0 Å². The fraction of sp³-hybridized carbons (Fsp3) is 0.565. The second kappa shape index (κ2) is 8.49. The molecule has 0 N–H and O–H groups in total. The summed E-state index contributed by atoms with van der Waals surface area (Å²) in [4.78, 5) is 17.6. The van der Waals surface area contributed by atoms with Crippen molar-refractivity contribution in [2.75, 3.05) is 52.5 Å². The van der Waals surface area contributed by atoms with E-state index in [0.29, 0.717) is 18.0 Å². The monoisotopic (exact) mass is 410 g/mol. The molecule has 30 heavy (non-hydrogen) atoms. The normalized spacial score (nSPS) is 27.6. The summed E-state index contributed by atoms with van der Waals surface area (Å²) >= 11 is 0. The summed E-state index contributed by atoms with van der Waals surface area (Å²) < 4.78 is 13.6. The molecule has 1 spiro atoms. The molecule has 0 radical (unpaired) electrons. The Morgan fingerprint density at radius 2 is 2.00 bits per heavy atom. The Labute approximate surface area is 177 Å². The van der Waals surface area contributed by atoms with Crippen LogP contribution in [0.25, 0.3) is 5.69 Å². The number of morpholine rings is 1. The number of ether oxygens (including phenoxy) is 2. The lowest BCUT2D eigenvalue weighted by atomic mass is 9.86. The van der Waals surface area contributed by atoms with Crippen molar-refractivity contribution < 1.29 is 14.3 Å². The molecule has 0 bridgehead atoms. The van der Waals surface area contributed by atoms with Crippen LogP contribution in [0.5, 0.6) is 0 Å². The zero-order chi connectivity index (χ0) is 20.4. The first kappa shape index (κ1) is 19.7. The van der Waals surface area contributed by atoms with Gasteiger partial charge in [-0.25, -0.2) is 4.68 Å². The van der Waals surface area contributed by atoms with E-state index in [1.807, 2.05) is 41.4 Å². The van der Waals surface area contributed by atoms with E-state index in [9.17, 15) is 4.79 Å². The number of nitrogens with zero attached hydrogens (tertiary/aromatic N) is 4. The first-order chi connectivity index (χ1) is 14.7. The fourth-order valence-corrected chi connectivity index (χ4v) is 5.10. The van der Waals surface area contributed by atoms with Gasteiger partial charge in [0, 0.05) is 38.9 Å². The molecule has 1 aromatic heterocycles. The number of piperidine rings is 1. The number of carbonyl (C=O) groups is 1. The quantitative estimate of drug-likeness (QED) is 0.774. The van der Waals surface area contributed by atoms with E-state index < -0.39 is 0 Å². The van der Waals surface area contributed by atoms with Crippen LogP contribution in [0.2, 0.25) is 0 Å². The molecule has 3 aliphatic heterocycles. The van der Waals surface area contributed by atoms with Crippen molar-refractivity contribution in [1.29, 1.82) is 0 Å². The number of amides is 1. The third-order valence-electron chi connectivity index (χ3n) is 6.58. The highest BCUT2D eigenvalue weighted by molar-refractivity contribution is 5.94. The minimum Gasteiger partial charge on any atom is -0.379 e. The molecular weight excluding hydrogens is 380 g/mol. The highest BCUT2D eigenvalue weighted by Gasteiger charge is 2.45. The molecule has 2 unspecified atom stereocenters. The van der Waals surface area contributed by atoms with Crippen LogP contribution < -0.4 is 0 Å². The second-order valence-corrected chi connectivity index (χ2v) is 8.82. The van der Waals surface area contributed by atoms with E-state index in [1.54, 1.807) is 10.9 Å². The lowest BCUT2D eigenvalue weighted by Crippen LogP contribution is -2.50. The van der Waals surface area contributed by atoms with Crippen molar-refractivity contribution in [2.24, 2.45) is 5.92 Å². The van der Waals surface area contributed by atoms with Crippen LogP contribution in [0.15, 0.2) is 42.7 Å². The summed E-state index contributed by atoms with van der Waals surface area (Å²) in [5.41, 5.74) is 1.41. The third-order valence-corrected chi connectivity index (χ3v) is 6.58. The van der Waals surface area contributed by atoms with Crippen LogP contribution in [0, 0.1) is 5.92 Å². The molecule has 160 valence electrons. The van der Waals surface area contributed by atoms with E-state index in [0.717, 1.165) is 70.9 Å². The van der Waals surface area contributed by atoms with E-state index in [2.05, 4.69) is 10.00 Å². The Morgan fingerprint density at radius 1 is 1.17 bits per heavy atom. The highest BCUT2D eigenvalue weighted by Crippen LogP contribution is 2.38. The molecule has 7 nitrogen and oxygen atoms in total. The molecule has 5 rings (SSSR count). The van der Waals surface area contributed by atoms with Crippen LogP contribution in [0.4, 0.5) is 0 Å². The number of benzene rings is 1. The summed E-state index contributed by atoms with van der Waals surface area (Å²) in [6.07, 6.45) is 6.57. The molecule has 1 amide bonds. The zero-order valence-corrected chi connectivity index (χ0v) is 17.4. The summed E-state index contributed by atoms with van der Waals surface area (Å²) in [5, 5.41) is 4.39. The standard InChI is InChI=1S/C23H30N4O3/c28-22(20-14-24-27(16-20)21-5-2-1-3-6-21)26-8-4-7-23(18-26)13-19(17-30-23)15-25-9-11-29-12-10-25/h1-3,5-6,14,16,19H,4,7-13,15,17-18H2. The molecule has 3 fully saturated rings. The minimum absolute atomic E-state index is 0.0523. The van der Waals surface area contributed by atoms with Crippen LogP contribution in [-0.4, -0.2) is 83.6 Å². The largest absolute Gasteiger partial charge is 0.379 e. The van der Waals surface area contributed by atoms with Gasteiger partial charge in [0.2, 0.25) is 0 Å². The van der Waals surface area contributed by atoms with Gasteiger partial charge in [-0.05, 0) is 37.3 Å². The van der Waals surface area contributed by atoms with Crippen molar-refractivity contribution >= 4 is 5.91 Å². The van der Waals surface area contributed by atoms with Crippen molar-refractivity contribution in [1.82, 2.24) is 19.6 Å². The van der Waals surface area contributed by atoms with Crippen LogP contribution in [-0.2, 0) is 9.47 Å². The van der Waals surface area contributed by atoms with Gasteiger partial charge in [0.05, 0.1) is 42.9 Å². The topological polar surface area (TPSA) is 59.8 Å². The Hall–Kier alpha value is -2.22. The van der Waals surface area contributed by atoms with E-state index in [4.69, 9.17) is 9.47 Å². The van der Waals surface area contributed by atoms with Crippen LogP contribution in [0.3, 0.4) is 0 Å². The number of hydrogen-bond donors (Lipinski definition) is 0. The average Bonchev–Trinajstić information content (AvgIpc) is 3.43. The van der Waals surface area contributed by atoms with Gasteiger partial charge in [-0.15, -0.1) is 0 Å². The van der Waals surface area contributed by atoms with Gasteiger partial charge < -0.3 is 14.4 Å². The molecule has 3 saturated heterocycles. The zero-order valence-electron chi connectivity index (χ0n) is 17.4. The molecule has 0 aliphatic carbocycles. The minimum atomic E-state index is -0.180. The average molecular weight is 411 g/mol. The van der Waals surface area contributed by atoms with Gasteiger partial charge in [0.1, 0.15) is 0 Å². The number of para-hydroxylation sites is 1. The predicted molar refractivity (Wildman–Crippen MR) is 113 cm³/mol. The summed E-state index contributed by atoms with van der Waals surface area (Å²) in [6, 6.07) is 9.88. The van der Waals surface area contributed by atoms with E-state index >= 15 is 0 Å². The Morgan fingerprint density at radius 3 is 2.83 bits per heavy atom. The van der Waals surface area contributed by atoms with E-state index in [-0.39, 0.29) is 11.5 Å². The summed E-state index contributed by atoms with van der Waals surface area (Å²) in [6.45, 7) is 7.03. The molecule has 0 saturated carbocycles. The lowest BCUT2D eigenvalue weighted by Gasteiger charge is -2.39. The maximum atomic E-state index is 13.2.